The van der Waals surface area contributed by atoms with Crippen LogP contribution >= 0.6 is 11.3 Å². The van der Waals surface area contributed by atoms with E-state index in [4.69, 9.17) is 9.84 Å². The van der Waals surface area contributed by atoms with E-state index in [0.29, 0.717) is 18.9 Å². The lowest BCUT2D eigenvalue weighted by molar-refractivity contribution is -0.142. The second-order valence-electron chi connectivity index (χ2n) is 4.00. The third-order valence-electron chi connectivity index (χ3n) is 2.39. The molecule has 1 aromatic heterocycles. The smallest absolute Gasteiger partial charge is 0.315 e. The van der Waals surface area contributed by atoms with Crippen molar-refractivity contribution >= 4 is 17.3 Å². The number of aromatic nitrogens is 1. The van der Waals surface area contributed by atoms with Crippen molar-refractivity contribution in [2.45, 2.75) is 32.6 Å². The summed E-state index contributed by atoms with van der Waals surface area (Å²) >= 11 is 1.49. The molecule has 0 unspecified atom stereocenters. The van der Waals surface area contributed by atoms with Gasteiger partial charge in [0.25, 0.3) is 0 Å². The van der Waals surface area contributed by atoms with Gasteiger partial charge in [-0.25, -0.2) is 4.98 Å². The maximum atomic E-state index is 11.0. The van der Waals surface area contributed by atoms with Crippen molar-refractivity contribution in [1.29, 1.82) is 0 Å². The number of aliphatic carboxylic acids is 1. The van der Waals surface area contributed by atoms with E-state index < -0.39 is 11.4 Å². The normalized spacial score (nSPS) is 11.7. The molecule has 1 rings (SSSR count). The number of thiazole rings is 1. The summed E-state index contributed by atoms with van der Waals surface area (Å²) in [4.78, 5) is 15.4. The van der Waals surface area contributed by atoms with Crippen molar-refractivity contribution < 1.29 is 14.6 Å². The van der Waals surface area contributed by atoms with Crippen molar-refractivity contribution in [2.75, 3.05) is 13.2 Å². The molecule has 0 amide bonds. The van der Waals surface area contributed by atoms with E-state index in [9.17, 15) is 4.79 Å². The molecule has 0 aliphatic rings. The van der Waals surface area contributed by atoms with Gasteiger partial charge in [0.1, 0.15) is 5.41 Å². The van der Waals surface area contributed by atoms with Crippen molar-refractivity contribution in [3.8, 4) is 0 Å². The maximum Gasteiger partial charge on any atom is 0.315 e. The maximum absolute atomic E-state index is 11.0. The molecule has 0 saturated heterocycles. The highest BCUT2D eigenvalue weighted by Gasteiger charge is 2.31. The van der Waals surface area contributed by atoms with Gasteiger partial charge >= 0.3 is 5.97 Å². The first-order valence-corrected chi connectivity index (χ1v) is 6.12. The molecule has 5 heteroatoms. The monoisotopic (exact) mass is 243 g/mol. The SMILES string of the molecule is CCOCCc1nc(C(C)(C)C(=O)O)cs1. The third kappa shape index (κ3) is 3.02. The molecule has 0 radical (unpaired) electrons. The quantitative estimate of drug-likeness (QED) is 0.777. The van der Waals surface area contributed by atoms with Gasteiger partial charge in [0.2, 0.25) is 0 Å². The molecule has 1 N–H and O–H groups in total. The van der Waals surface area contributed by atoms with E-state index in [0.717, 1.165) is 11.4 Å². The first kappa shape index (κ1) is 13.1. The standard InChI is InChI=1S/C11H17NO3S/c1-4-15-6-5-9-12-8(7-16-9)11(2,3)10(13)14/h7H,4-6H2,1-3H3,(H,13,14). The van der Waals surface area contributed by atoms with Gasteiger partial charge in [-0.3, -0.25) is 4.79 Å². The second-order valence-corrected chi connectivity index (χ2v) is 4.95. The van der Waals surface area contributed by atoms with Gasteiger partial charge in [-0.15, -0.1) is 11.3 Å². The molecule has 0 saturated carbocycles. The fraction of sp³-hybridized carbons (Fsp3) is 0.636. The molecule has 0 atom stereocenters. The van der Waals surface area contributed by atoms with Crippen LogP contribution in [0.4, 0.5) is 0 Å². The highest BCUT2D eigenvalue weighted by atomic mass is 32.1. The summed E-state index contributed by atoms with van der Waals surface area (Å²) in [5, 5.41) is 11.8. The van der Waals surface area contributed by atoms with E-state index in [1.807, 2.05) is 12.3 Å². The number of hydrogen-bond donors (Lipinski definition) is 1. The van der Waals surface area contributed by atoms with Crippen LogP contribution in [0.1, 0.15) is 31.5 Å². The van der Waals surface area contributed by atoms with Gasteiger partial charge in [0, 0.05) is 18.4 Å². The Kier molecular flexibility index (Phi) is 4.44. The number of nitrogens with zero attached hydrogens (tertiary/aromatic N) is 1. The third-order valence-corrected chi connectivity index (χ3v) is 3.30. The van der Waals surface area contributed by atoms with E-state index in [2.05, 4.69) is 4.98 Å². The number of hydrogen-bond acceptors (Lipinski definition) is 4. The van der Waals surface area contributed by atoms with Gasteiger partial charge in [-0.05, 0) is 20.8 Å². The lowest BCUT2D eigenvalue weighted by atomic mass is 9.90. The molecule has 0 spiro atoms. The number of carboxylic acids is 1. The van der Waals surface area contributed by atoms with Gasteiger partial charge in [0.05, 0.1) is 17.3 Å². The minimum Gasteiger partial charge on any atom is -0.481 e. The number of rotatable bonds is 6. The lowest BCUT2D eigenvalue weighted by Gasteiger charge is -2.15. The van der Waals surface area contributed by atoms with E-state index >= 15 is 0 Å². The van der Waals surface area contributed by atoms with Crippen molar-refractivity contribution in [3.63, 3.8) is 0 Å². The largest absolute Gasteiger partial charge is 0.481 e. The van der Waals surface area contributed by atoms with Crippen LogP contribution < -0.4 is 0 Å². The van der Waals surface area contributed by atoms with Gasteiger partial charge in [0.15, 0.2) is 0 Å². The molecule has 0 aromatic carbocycles. The summed E-state index contributed by atoms with van der Waals surface area (Å²) < 4.78 is 5.23. The molecule has 1 heterocycles. The summed E-state index contributed by atoms with van der Waals surface area (Å²) in [6.07, 6.45) is 0.744. The molecule has 4 nitrogen and oxygen atoms in total. The summed E-state index contributed by atoms with van der Waals surface area (Å²) in [6.45, 7) is 6.60. The van der Waals surface area contributed by atoms with Crippen molar-refractivity contribution in [3.05, 3.63) is 16.1 Å². The van der Waals surface area contributed by atoms with Gasteiger partial charge in [-0.2, -0.15) is 0 Å². The predicted molar refractivity (Wildman–Crippen MR) is 63.0 cm³/mol. The van der Waals surface area contributed by atoms with Gasteiger partial charge < -0.3 is 9.84 Å². The first-order chi connectivity index (χ1) is 7.48. The molecule has 0 bridgehead atoms. The summed E-state index contributed by atoms with van der Waals surface area (Å²) in [7, 11) is 0. The zero-order valence-corrected chi connectivity index (χ0v) is 10.6. The van der Waals surface area contributed by atoms with E-state index in [1.165, 1.54) is 11.3 Å². The minimum atomic E-state index is -0.916. The Bertz CT molecular complexity index is 360. The minimum absolute atomic E-state index is 0.622. The molecule has 1 aromatic rings. The van der Waals surface area contributed by atoms with Crippen LogP contribution in [0.25, 0.3) is 0 Å². The molecule has 0 fully saturated rings. The predicted octanol–water partition coefficient (Wildman–Crippen LogP) is 2.08. The van der Waals surface area contributed by atoms with Crippen LogP contribution in [0.5, 0.6) is 0 Å². The average molecular weight is 243 g/mol. The second kappa shape index (κ2) is 5.41. The summed E-state index contributed by atoms with van der Waals surface area (Å²) in [6, 6.07) is 0. The van der Waals surface area contributed by atoms with E-state index in [1.54, 1.807) is 13.8 Å². The van der Waals surface area contributed by atoms with Crippen LogP contribution in [0.3, 0.4) is 0 Å². The number of ether oxygens (including phenoxy) is 1. The zero-order valence-electron chi connectivity index (χ0n) is 9.82. The Morgan fingerprint density at radius 2 is 2.31 bits per heavy atom. The van der Waals surface area contributed by atoms with Crippen LogP contribution in [-0.2, 0) is 21.4 Å². The number of carbonyl (C=O) groups is 1. The molecule has 0 aliphatic heterocycles. The number of carboxylic acid groups (broad SMARTS) is 1. The topological polar surface area (TPSA) is 59.4 Å². The van der Waals surface area contributed by atoms with Crippen LogP contribution in [0, 0.1) is 0 Å². The van der Waals surface area contributed by atoms with E-state index in [-0.39, 0.29) is 0 Å². The highest BCUT2D eigenvalue weighted by Crippen LogP contribution is 2.25. The van der Waals surface area contributed by atoms with Crippen molar-refractivity contribution in [2.24, 2.45) is 0 Å². The van der Waals surface area contributed by atoms with Crippen LogP contribution in [-0.4, -0.2) is 29.3 Å². The van der Waals surface area contributed by atoms with Crippen LogP contribution in [0.2, 0.25) is 0 Å². The highest BCUT2D eigenvalue weighted by molar-refractivity contribution is 7.09. The average Bonchev–Trinajstić information content (AvgIpc) is 2.67. The van der Waals surface area contributed by atoms with Crippen molar-refractivity contribution in [1.82, 2.24) is 4.98 Å². The Labute approximate surface area is 99.3 Å². The Hall–Kier alpha value is -0.940. The van der Waals surface area contributed by atoms with Crippen LogP contribution in [0.15, 0.2) is 5.38 Å². The molecule has 0 aliphatic carbocycles. The summed E-state index contributed by atoms with van der Waals surface area (Å²) in [5.41, 5.74) is -0.295. The first-order valence-electron chi connectivity index (χ1n) is 5.24. The molecular formula is C11H17NO3S. The zero-order chi connectivity index (χ0) is 12.2. The fourth-order valence-electron chi connectivity index (χ4n) is 1.13. The molecular weight excluding hydrogens is 226 g/mol. The Morgan fingerprint density at radius 1 is 1.62 bits per heavy atom. The Balaban J connectivity index is 2.67. The lowest BCUT2D eigenvalue weighted by Crippen LogP contribution is -2.28. The van der Waals surface area contributed by atoms with Gasteiger partial charge in [-0.1, -0.05) is 0 Å². The Morgan fingerprint density at radius 3 is 2.88 bits per heavy atom. The fourth-order valence-corrected chi connectivity index (χ4v) is 2.07. The summed E-state index contributed by atoms with van der Waals surface area (Å²) in [5.74, 6) is -0.853. The molecule has 16 heavy (non-hydrogen) atoms. The molecule has 90 valence electrons.